The number of phenols is 1. The third kappa shape index (κ3) is 2.81. The van der Waals surface area contributed by atoms with Crippen LogP contribution in [0.3, 0.4) is 0 Å². The Kier molecular flexibility index (Phi) is 4.43. The van der Waals surface area contributed by atoms with E-state index in [2.05, 4.69) is 12.2 Å². The number of aliphatic hydroxyl groups excluding tert-OH is 2. The van der Waals surface area contributed by atoms with Crippen LogP contribution in [0.2, 0.25) is 0 Å². The van der Waals surface area contributed by atoms with E-state index in [1.165, 1.54) is 13.0 Å². The van der Waals surface area contributed by atoms with Crippen LogP contribution < -0.4 is 0 Å². The van der Waals surface area contributed by atoms with Gasteiger partial charge >= 0.3 is 0 Å². The fourth-order valence-electron chi connectivity index (χ4n) is 6.02. The molecule has 6 heteroatoms. The molecule has 160 valence electrons. The number of hydrogen-bond donors (Lipinski definition) is 3. The second kappa shape index (κ2) is 6.94. The SMILES string of the molecule is CC(=O)C1=C(O)CC2CC3Cc4c(C5C=CCC5)ccc(O)c4C(=O)C3=C(O)C2C1=O. The first-order valence-electron chi connectivity index (χ1n) is 10.8. The van der Waals surface area contributed by atoms with Crippen molar-refractivity contribution in [3.05, 3.63) is 63.6 Å². The van der Waals surface area contributed by atoms with Gasteiger partial charge in [-0.1, -0.05) is 18.2 Å². The fraction of sp³-hybridized carbons (Fsp3) is 0.400. The van der Waals surface area contributed by atoms with E-state index < -0.39 is 23.3 Å². The Labute approximate surface area is 179 Å². The van der Waals surface area contributed by atoms with Gasteiger partial charge in [0.1, 0.15) is 17.3 Å². The lowest BCUT2D eigenvalue weighted by Crippen LogP contribution is -2.42. The molecule has 4 atom stereocenters. The van der Waals surface area contributed by atoms with Crippen molar-refractivity contribution >= 4 is 17.3 Å². The van der Waals surface area contributed by atoms with Crippen LogP contribution >= 0.6 is 0 Å². The highest BCUT2D eigenvalue weighted by molar-refractivity contribution is 6.22. The van der Waals surface area contributed by atoms with Crippen molar-refractivity contribution < 1.29 is 29.7 Å². The molecule has 4 aliphatic carbocycles. The fourth-order valence-corrected chi connectivity index (χ4v) is 6.02. The number of aliphatic hydroxyl groups is 2. The van der Waals surface area contributed by atoms with E-state index in [-0.39, 0.29) is 58.2 Å². The minimum absolute atomic E-state index is 0.122. The van der Waals surface area contributed by atoms with E-state index in [0.717, 1.165) is 24.0 Å². The number of fused-ring (bicyclic) bond motifs is 3. The number of phenolic OH excluding ortho intramolecular Hbond substituents is 1. The van der Waals surface area contributed by atoms with Crippen molar-refractivity contribution in [1.82, 2.24) is 0 Å². The largest absolute Gasteiger partial charge is 0.511 e. The Balaban J connectivity index is 1.63. The second-order valence-corrected chi connectivity index (χ2v) is 9.09. The molecule has 4 unspecified atom stereocenters. The van der Waals surface area contributed by atoms with Gasteiger partial charge in [-0.25, -0.2) is 0 Å². The molecule has 5 rings (SSSR count). The molecular weight excluding hydrogens is 396 g/mol. The lowest BCUT2D eigenvalue weighted by Gasteiger charge is -2.41. The summed E-state index contributed by atoms with van der Waals surface area (Å²) in [6.45, 7) is 1.21. The monoisotopic (exact) mass is 420 g/mol. The molecule has 0 fully saturated rings. The molecule has 1 aromatic carbocycles. The van der Waals surface area contributed by atoms with E-state index in [1.807, 2.05) is 6.07 Å². The zero-order chi connectivity index (χ0) is 22.0. The quantitative estimate of drug-likeness (QED) is 0.492. The maximum atomic E-state index is 13.5. The van der Waals surface area contributed by atoms with Crippen molar-refractivity contribution in [3.8, 4) is 5.75 Å². The molecule has 0 amide bonds. The van der Waals surface area contributed by atoms with Gasteiger partial charge in [0, 0.05) is 17.9 Å². The number of Topliss-reactive ketones (excluding diaryl/α,β-unsaturated/α-hetero) is 3. The van der Waals surface area contributed by atoms with Crippen LogP contribution in [0.5, 0.6) is 5.75 Å². The van der Waals surface area contributed by atoms with Crippen LogP contribution in [0.25, 0.3) is 0 Å². The molecule has 1 aromatic rings. The van der Waals surface area contributed by atoms with Crippen LogP contribution in [0.15, 0.2) is 46.9 Å². The maximum Gasteiger partial charge on any atom is 0.196 e. The smallest absolute Gasteiger partial charge is 0.196 e. The van der Waals surface area contributed by atoms with Crippen molar-refractivity contribution in [2.24, 2.45) is 17.8 Å². The summed E-state index contributed by atoms with van der Waals surface area (Å²) < 4.78 is 0. The molecule has 0 spiro atoms. The number of hydrogen-bond acceptors (Lipinski definition) is 6. The number of benzene rings is 1. The Bertz CT molecular complexity index is 1130. The summed E-state index contributed by atoms with van der Waals surface area (Å²) >= 11 is 0. The van der Waals surface area contributed by atoms with Crippen molar-refractivity contribution in [1.29, 1.82) is 0 Å². The van der Waals surface area contributed by atoms with Crippen LogP contribution in [0.4, 0.5) is 0 Å². The highest BCUT2D eigenvalue weighted by Gasteiger charge is 2.50. The highest BCUT2D eigenvalue weighted by atomic mass is 16.3. The average Bonchev–Trinajstić information content (AvgIpc) is 3.21. The van der Waals surface area contributed by atoms with Gasteiger partial charge in [0.2, 0.25) is 0 Å². The van der Waals surface area contributed by atoms with Gasteiger partial charge < -0.3 is 15.3 Å². The first-order chi connectivity index (χ1) is 14.8. The summed E-state index contributed by atoms with van der Waals surface area (Å²) in [6.07, 6.45) is 7.23. The minimum Gasteiger partial charge on any atom is -0.511 e. The third-order valence-corrected chi connectivity index (χ3v) is 7.32. The van der Waals surface area contributed by atoms with Gasteiger partial charge in [0.25, 0.3) is 0 Å². The Morgan fingerprint density at radius 1 is 1.10 bits per heavy atom. The van der Waals surface area contributed by atoms with E-state index in [9.17, 15) is 29.7 Å². The number of ketones is 3. The van der Waals surface area contributed by atoms with Gasteiger partial charge in [-0.05, 0) is 61.6 Å². The number of carbonyl (C=O) groups excluding carboxylic acids is 3. The highest BCUT2D eigenvalue weighted by Crippen LogP contribution is 2.50. The van der Waals surface area contributed by atoms with E-state index in [0.29, 0.717) is 12.8 Å². The van der Waals surface area contributed by atoms with Crippen LogP contribution in [-0.4, -0.2) is 32.7 Å². The van der Waals surface area contributed by atoms with Crippen LogP contribution in [0.1, 0.15) is 60.0 Å². The summed E-state index contributed by atoms with van der Waals surface area (Å²) in [6, 6.07) is 3.40. The molecule has 0 saturated carbocycles. The first-order valence-corrected chi connectivity index (χ1v) is 10.8. The van der Waals surface area contributed by atoms with Gasteiger partial charge in [-0.15, -0.1) is 0 Å². The van der Waals surface area contributed by atoms with E-state index >= 15 is 0 Å². The zero-order valence-electron chi connectivity index (χ0n) is 17.2. The summed E-state index contributed by atoms with van der Waals surface area (Å²) in [4.78, 5) is 38.3. The number of rotatable bonds is 2. The lowest BCUT2D eigenvalue weighted by molar-refractivity contribution is -0.125. The maximum absolute atomic E-state index is 13.5. The third-order valence-electron chi connectivity index (χ3n) is 7.32. The molecule has 6 nitrogen and oxygen atoms in total. The summed E-state index contributed by atoms with van der Waals surface area (Å²) in [5, 5.41) is 31.9. The number of carbonyl (C=O) groups is 3. The normalized spacial score (nSPS) is 29.7. The average molecular weight is 420 g/mol. The van der Waals surface area contributed by atoms with Gasteiger partial charge in [0.05, 0.1) is 17.1 Å². The molecule has 31 heavy (non-hydrogen) atoms. The second-order valence-electron chi connectivity index (χ2n) is 9.09. The van der Waals surface area contributed by atoms with Crippen molar-refractivity contribution in [2.75, 3.05) is 0 Å². The molecule has 0 aromatic heterocycles. The molecule has 0 saturated heterocycles. The van der Waals surface area contributed by atoms with Crippen LogP contribution in [0, 0.1) is 17.8 Å². The standard InChI is InChI=1S/C25H24O6/c1-11(26)19-18(28)10-14-8-13-9-16-15(12-4-2-3-5-12)6-7-17(27)22(16)25(31)20(13)24(30)21(14)23(19)29/h2,4,6-7,12-14,21,27-28,30H,3,5,8-10H2,1H3. The number of aromatic hydroxyl groups is 1. The van der Waals surface area contributed by atoms with Gasteiger partial charge in [-0.3, -0.25) is 14.4 Å². The molecule has 0 radical (unpaired) electrons. The molecular formula is C25H24O6. The van der Waals surface area contributed by atoms with E-state index in [1.54, 1.807) is 0 Å². The minimum atomic E-state index is -1.00. The van der Waals surface area contributed by atoms with Gasteiger partial charge in [-0.2, -0.15) is 0 Å². The summed E-state index contributed by atoms with van der Waals surface area (Å²) in [5.74, 6) is -3.76. The van der Waals surface area contributed by atoms with E-state index in [4.69, 9.17) is 0 Å². The van der Waals surface area contributed by atoms with Gasteiger partial charge in [0.15, 0.2) is 17.3 Å². The Morgan fingerprint density at radius 3 is 2.55 bits per heavy atom. The predicted molar refractivity (Wildman–Crippen MR) is 112 cm³/mol. The molecule has 3 N–H and O–H groups in total. The predicted octanol–water partition coefficient (Wildman–Crippen LogP) is 4.00. The van der Waals surface area contributed by atoms with Crippen molar-refractivity contribution in [3.63, 3.8) is 0 Å². The number of allylic oxidation sites excluding steroid dienone is 6. The Hall–Kier alpha value is -3.15. The molecule has 4 aliphatic rings. The zero-order valence-corrected chi connectivity index (χ0v) is 17.2. The summed E-state index contributed by atoms with van der Waals surface area (Å²) in [7, 11) is 0. The summed E-state index contributed by atoms with van der Waals surface area (Å²) in [5.41, 5.74) is 1.93. The Morgan fingerprint density at radius 2 is 1.87 bits per heavy atom. The lowest BCUT2D eigenvalue weighted by atomic mass is 9.62. The topological polar surface area (TPSA) is 112 Å². The van der Waals surface area contributed by atoms with Crippen molar-refractivity contribution in [2.45, 2.75) is 44.9 Å². The molecule has 0 heterocycles. The first kappa shape index (κ1) is 19.8. The molecule has 0 bridgehead atoms. The van der Waals surface area contributed by atoms with Crippen LogP contribution in [-0.2, 0) is 16.0 Å². The molecule has 0 aliphatic heterocycles.